The Morgan fingerprint density at radius 3 is 2.37 bits per heavy atom. The third-order valence-electron chi connectivity index (χ3n) is 3.04. The maximum absolute atomic E-state index is 11.8. The molecule has 1 heterocycles. The van der Waals surface area contributed by atoms with Gasteiger partial charge in [-0.2, -0.15) is 0 Å². The van der Waals surface area contributed by atoms with Crippen LogP contribution in [0.4, 0.5) is 4.79 Å². The first-order valence-corrected chi connectivity index (χ1v) is 5.97. The SMILES string of the molecule is CC(C)C(NC(=O)NC1(C(=O)O)CCOC1)C(N)=O. The van der Waals surface area contributed by atoms with Crippen LogP contribution in [0.5, 0.6) is 0 Å². The molecule has 0 spiro atoms. The van der Waals surface area contributed by atoms with Gasteiger partial charge in [-0.15, -0.1) is 0 Å². The highest BCUT2D eigenvalue weighted by Gasteiger charge is 2.44. The van der Waals surface area contributed by atoms with Crippen molar-refractivity contribution in [1.29, 1.82) is 0 Å². The highest BCUT2D eigenvalue weighted by Crippen LogP contribution is 2.18. The number of nitrogens with two attached hydrogens (primary N) is 1. The maximum atomic E-state index is 11.8. The molecule has 0 bridgehead atoms. The lowest BCUT2D eigenvalue weighted by molar-refractivity contribution is -0.144. The molecule has 3 amide bonds. The van der Waals surface area contributed by atoms with E-state index in [-0.39, 0.29) is 25.6 Å². The van der Waals surface area contributed by atoms with Gasteiger partial charge in [0.1, 0.15) is 6.04 Å². The van der Waals surface area contributed by atoms with Gasteiger partial charge in [0.15, 0.2) is 5.54 Å². The molecule has 0 aliphatic carbocycles. The lowest BCUT2D eigenvalue weighted by Crippen LogP contribution is -2.60. The third kappa shape index (κ3) is 3.57. The summed E-state index contributed by atoms with van der Waals surface area (Å²) in [6, 6.07) is -1.60. The predicted molar refractivity (Wildman–Crippen MR) is 65.3 cm³/mol. The second-order valence-corrected chi connectivity index (χ2v) is 4.91. The van der Waals surface area contributed by atoms with Crippen LogP contribution in [0.3, 0.4) is 0 Å². The van der Waals surface area contributed by atoms with Gasteiger partial charge in [-0.3, -0.25) is 4.79 Å². The second kappa shape index (κ2) is 5.87. The standard InChI is InChI=1S/C11H19N3O5/c1-6(2)7(8(12)15)13-10(18)14-11(9(16)17)3-4-19-5-11/h6-7H,3-5H2,1-2H3,(H2,12,15)(H,16,17)(H2,13,14,18). The number of rotatable bonds is 5. The minimum Gasteiger partial charge on any atom is -0.479 e. The fraction of sp³-hybridized carbons (Fsp3) is 0.727. The molecular weight excluding hydrogens is 254 g/mol. The molecule has 0 aromatic carbocycles. The Morgan fingerprint density at radius 1 is 1.37 bits per heavy atom. The molecule has 8 nitrogen and oxygen atoms in total. The number of hydrogen-bond donors (Lipinski definition) is 4. The number of carboxylic acid groups (broad SMARTS) is 1. The van der Waals surface area contributed by atoms with Crippen molar-refractivity contribution >= 4 is 17.9 Å². The number of amides is 3. The second-order valence-electron chi connectivity index (χ2n) is 4.91. The van der Waals surface area contributed by atoms with Gasteiger partial charge >= 0.3 is 12.0 Å². The minimum absolute atomic E-state index is 0.0985. The lowest BCUT2D eigenvalue weighted by Gasteiger charge is -2.26. The number of ether oxygens (including phenoxy) is 1. The van der Waals surface area contributed by atoms with E-state index in [1.807, 2.05) is 0 Å². The van der Waals surface area contributed by atoms with Crippen LogP contribution in [0.1, 0.15) is 20.3 Å². The van der Waals surface area contributed by atoms with Crippen molar-refractivity contribution in [2.24, 2.45) is 11.7 Å². The number of nitrogens with one attached hydrogen (secondary N) is 2. The molecule has 0 aromatic heterocycles. The van der Waals surface area contributed by atoms with E-state index in [0.29, 0.717) is 0 Å². The maximum Gasteiger partial charge on any atom is 0.332 e. The zero-order valence-electron chi connectivity index (χ0n) is 10.9. The first-order valence-electron chi connectivity index (χ1n) is 5.97. The smallest absolute Gasteiger partial charge is 0.332 e. The van der Waals surface area contributed by atoms with Gasteiger partial charge in [0.05, 0.1) is 6.61 Å². The molecule has 1 rings (SSSR count). The Kier molecular flexibility index (Phi) is 4.71. The summed E-state index contributed by atoms with van der Waals surface area (Å²) in [6.07, 6.45) is 0.179. The molecule has 5 N–H and O–H groups in total. The van der Waals surface area contributed by atoms with E-state index in [9.17, 15) is 14.4 Å². The summed E-state index contributed by atoms with van der Waals surface area (Å²) in [5.74, 6) is -2.03. The van der Waals surface area contributed by atoms with Crippen molar-refractivity contribution in [1.82, 2.24) is 10.6 Å². The normalized spacial score (nSPS) is 23.9. The van der Waals surface area contributed by atoms with Gasteiger partial charge in [0.25, 0.3) is 0 Å². The summed E-state index contributed by atoms with van der Waals surface area (Å²) in [7, 11) is 0. The first kappa shape index (κ1) is 15.2. The number of carbonyl (C=O) groups is 3. The molecule has 108 valence electrons. The van der Waals surface area contributed by atoms with Gasteiger partial charge in [0, 0.05) is 13.0 Å². The number of hydrogen-bond acceptors (Lipinski definition) is 4. The topological polar surface area (TPSA) is 131 Å². The molecule has 0 radical (unpaired) electrons. The molecule has 2 unspecified atom stereocenters. The van der Waals surface area contributed by atoms with E-state index in [1.54, 1.807) is 13.8 Å². The van der Waals surface area contributed by atoms with Gasteiger partial charge < -0.3 is 26.2 Å². The molecule has 1 saturated heterocycles. The fourth-order valence-corrected chi connectivity index (χ4v) is 1.85. The largest absolute Gasteiger partial charge is 0.479 e. The van der Waals surface area contributed by atoms with Crippen LogP contribution in [0.15, 0.2) is 0 Å². The number of carboxylic acids is 1. The Hall–Kier alpha value is -1.83. The molecule has 8 heteroatoms. The monoisotopic (exact) mass is 273 g/mol. The average Bonchev–Trinajstić information content (AvgIpc) is 2.74. The fourth-order valence-electron chi connectivity index (χ4n) is 1.85. The molecule has 0 saturated carbocycles. The van der Waals surface area contributed by atoms with Crippen molar-refractivity contribution in [3.8, 4) is 0 Å². The third-order valence-corrected chi connectivity index (χ3v) is 3.04. The van der Waals surface area contributed by atoms with Gasteiger partial charge in [-0.05, 0) is 5.92 Å². The summed E-state index contributed by atoms with van der Waals surface area (Å²) in [5.41, 5.74) is 3.72. The van der Waals surface area contributed by atoms with Crippen LogP contribution < -0.4 is 16.4 Å². The van der Waals surface area contributed by atoms with E-state index in [2.05, 4.69) is 10.6 Å². The number of primary amides is 1. The van der Waals surface area contributed by atoms with E-state index in [4.69, 9.17) is 15.6 Å². The van der Waals surface area contributed by atoms with Crippen LogP contribution in [0, 0.1) is 5.92 Å². The van der Waals surface area contributed by atoms with Crippen molar-refractivity contribution in [2.45, 2.75) is 31.8 Å². The molecule has 1 aliphatic rings. The summed E-state index contributed by atoms with van der Waals surface area (Å²) in [6.45, 7) is 3.61. The molecule has 0 aromatic rings. The molecular formula is C11H19N3O5. The van der Waals surface area contributed by atoms with Crippen LogP contribution in [-0.4, -0.2) is 47.8 Å². The van der Waals surface area contributed by atoms with Crippen LogP contribution in [0.2, 0.25) is 0 Å². The molecule has 2 atom stereocenters. The van der Waals surface area contributed by atoms with E-state index in [0.717, 1.165) is 0 Å². The summed E-state index contributed by atoms with van der Waals surface area (Å²) >= 11 is 0. The Labute approximate surface area is 110 Å². The molecule has 19 heavy (non-hydrogen) atoms. The highest BCUT2D eigenvalue weighted by atomic mass is 16.5. The van der Waals surface area contributed by atoms with E-state index >= 15 is 0 Å². The molecule has 1 fully saturated rings. The summed E-state index contributed by atoms with van der Waals surface area (Å²) < 4.78 is 5.01. The Morgan fingerprint density at radius 2 is 2.00 bits per heavy atom. The first-order chi connectivity index (χ1) is 8.78. The van der Waals surface area contributed by atoms with Crippen molar-refractivity contribution in [3.63, 3.8) is 0 Å². The van der Waals surface area contributed by atoms with Crippen LogP contribution in [-0.2, 0) is 14.3 Å². The summed E-state index contributed by atoms with van der Waals surface area (Å²) in [4.78, 5) is 34.1. The number of urea groups is 1. The number of carbonyl (C=O) groups excluding carboxylic acids is 2. The van der Waals surface area contributed by atoms with Gasteiger partial charge in [-0.1, -0.05) is 13.8 Å². The van der Waals surface area contributed by atoms with Crippen molar-refractivity contribution in [3.05, 3.63) is 0 Å². The predicted octanol–water partition coefficient (Wildman–Crippen LogP) is -0.961. The molecule has 1 aliphatic heterocycles. The van der Waals surface area contributed by atoms with Crippen LogP contribution >= 0.6 is 0 Å². The minimum atomic E-state index is -1.44. The average molecular weight is 273 g/mol. The van der Waals surface area contributed by atoms with Gasteiger partial charge in [-0.25, -0.2) is 9.59 Å². The van der Waals surface area contributed by atoms with Crippen LogP contribution in [0.25, 0.3) is 0 Å². The quantitative estimate of drug-likeness (QED) is 0.512. The van der Waals surface area contributed by atoms with Crippen molar-refractivity contribution < 1.29 is 24.2 Å². The van der Waals surface area contributed by atoms with Gasteiger partial charge in [0.2, 0.25) is 5.91 Å². The zero-order valence-corrected chi connectivity index (χ0v) is 10.9. The number of aliphatic carboxylic acids is 1. The lowest BCUT2D eigenvalue weighted by atomic mass is 9.99. The zero-order chi connectivity index (χ0) is 14.6. The summed E-state index contributed by atoms with van der Waals surface area (Å²) in [5, 5.41) is 13.9. The van der Waals surface area contributed by atoms with E-state index in [1.165, 1.54) is 0 Å². The van der Waals surface area contributed by atoms with E-state index < -0.39 is 29.5 Å². The van der Waals surface area contributed by atoms with Crippen molar-refractivity contribution in [2.75, 3.05) is 13.2 Å². The Bertz CT molecular complexity index is 377. The highest BCUT2D eigenvalue weighted by molar-refractivity contribution is 5.90. The Balaban J connectivity index is 2.68.